The Labute approximate surface area is 182 Å². The molecule has 0 fully saturated rings. The standard InChI is InChI=1S/C25H26N2O4/c1-3-31-25(29)9-5-8-24(28)26-20-14-10-18(11-15-20)22-6-4-7-23(27-22)19-12-16-21(30-2)17-13-19/h4,6-7,10-17H,3,5,8-9H2,1-2H3,(H,26,28). The highest BCUT2D eigenvalue weighted by Gasteiger charge is 2.08. The Morgan fingerprint density at radius 1 is 0.871 bits per heavy atom. The van der Waals surface area contributed by atoms with E-state index >= 15 is 0 Å². The molecule has 0 radical (unpaired) electrons. The maximum Gasteiger partial charge on any atom is 0.305 e. The van der Waals surface area contributed by atoms with Crippen LogP contribution in [0.5, 0.6) is 5.75 Å². The van der Waals surface area contributed by atoms with E-state index in [2.05, 4.69) is 5.32 Å². The van der Waals surface area contributed by atoms with E-state index < -0.39 is 0 Å². The summed E-state index contributed by atoms with van der Waals surface area (Å²) in [5, 5.41) is 2.85. The maximum atomic E-state index is 12.1. The number of nitrogens with one attached hydrogen (secondary N) is 1. The van der Waals surface area contributed by atoms with Gasteiger partial charge in [0.05, 0.1) is 25.1 Å². The average Bonchev–Trinajstić information content (AvgIpc) is 2.80. The zero-order chi connectivity index (χ0) is 22.1. The monoisotopic (exact) mass is 418 g/mol. The third-order valence-electron chi connectivity index (χ3n) is 4.69. The molecular weight excluding hydrogens is 392 g/mol. The summed E-state index contributed by atoms with van der Waals surface area (Å²) in [5.74, 6) is 0.402. The zero-order valence-corrected chi connectivity index (χ0v) is 17.8. The van der Waals surface area contributed by atoms with Crippen LogP contribution in [-0.2, 0) is 14.3 Å². The Hall–Kier alpha value is -3.67. The second-order valence-electron chi connectivity index (χ2n) is 6.92. The number of ether oxygens (including phenoxy) is 2. The lowest BCUT2D eigenvalue weighted by Crippen LogP contribution is -2.12. The van der Waals surface area contributed by atoms with Gasteiger partial charge in [-0.15, -0.1) is 0 Å². The van der Waals surface area contributed by atoms with Crippen molar-refractivity contribution >= 4 is 17.6 Å². The summed E-state index contributed by atoms with van der Waals surface area (Å²) in [4.78, 5) is 28.2. The van der Waals surface area contributed by atoms with Crippen LogP contribution in [0.15, 0.2) is 66.7 Å². The van der Waals surface area contributed by atoms with Gasteiger partial charge in [0.15, 0.2) is 0 Å². The number of benzene rings is 2. The lowest BCUT2D eigenvalue weighted by Gasteiger charge is -2.08. The van der Waals surface area contributed by atoms with Gasteiger partial charge < -0.3 is 14.8 Å². The Kier molecular flexibility index (Phi) is 7.76. The third kappa shape index (κ3) is 6.40. The van der Waals surface area contributed by atoms with Gasteiger partial charge in [0.25, 0.3) is 0 Å². The Morgan fingerprint density at radius 3 is 2.06 bits per heavy atom. The number of carbonyl (C=O) groups excluding carboxylic acids is 2. The highest BCUT2D eigenvalue weighted by atomic mass is 16.5. The van der Waals surface area contributed by atoms with Crippen LogP contribution in [0.2, 0.25) is 0 Å². The quantitative estimate of drug-likeness (QED) is 0.490. The largest absolute Gasteiger partial charge is 0.497 e. The summed E-state index contributed by atoms with van der Waals surface area (Å²) < 4.78 is 10.1. The lowest BCUT2D eigenvalue weighted by atomic mass is 10.1. The fourth-order valence-electron chi connectivity index (χ4n) is 3.09. The molecule has 1 aromatic heterocycles. The van der Waals surface area contributed by atoms with Crippen LogP contribution in [-0.4, -0.2) is 30.6 Å². The van der Waals surface area contributed by atoms with E-state index in [1.165, 1.54) is 0 Å². The number of rotatable bonds is 9. The average molecular weight is 418 g/mol. The second-order valence-corrected chi connectivity index (χ2v) is 6.92. The molecule has 6 nitrogen and oxygen atoms in total. The fraction of sp³-hybridized carbons (Fsp3) is 0.240. The van der Waals surface area contributed by atoms with Crippen molar-refractivity contribution < 1.29 is 19.1 Å². The number of hydrogen-bond donors (Lipinski definition) is 1. The van der Waals surface area contributed by atoms with Crippen molar-refractivity contribution in [2.45, 2.75) is 26.2 Å². The number of anilines is 1. The highest BCUT2D eigenvalue weighted by molar-refractivity contribution is 5.91. The number of esters is 1. The summed E-state index contributed by atoms with van der Waals surface area (Å²) in [6, 6.07) is 21.2. The predicted octanol–water partition coefficient (Wildman–Crippen LogP) is 5.10. The van der Waals surface area contributed by atoms with Crippen LogP contribution < -0.4 is 10.1 Å². The van der Waals surface area contributed by atoms with Gasteiger partial charge in [0.2, 0.25) is 5.91 Å². The molecule has 0 saturated heterocycles. The molecule has 0 aliphatic heterocycles. The van der Waals surface area contributed by atoms with Crippen LogP contribution in [0.3, 0.4) is 0 Å². The van der Waals surface area contributed by atoms with Gasteiger partial charge in [-0.3, -0.25) is 9.59 Å². The molecule has 31 heavy (non-hydrogen) atoms. The van der Waals surface area contributed by atoms with Crippen molar-refractivity contribution in [3.05, 3.63) is 66.7 Å². The van der Waals surface area contributed by atoms with E-state index in [0.717, 1.165) is 28.3 Å². The molecule has 0 bridgehead atoms. The molecule has 160 valence electrons. The number of methoxy groups -OCH3 is 1. The maximum absolute atomic E-state index is 12.1. The minimum atomic E-state index is -0.274. The molecule has 2 aromatic carbocycles. The molecule has 1 N–H and O–H groups in total. The van der Waals surface area contributed by atoms with E-state index in [0.29, 0.717) is 18.7 Å². The van der Waals surface area contributed by atoms with Crippen molar-refractivity contribution in [1.82, 2.24) is 4.98 Å². The van der Waals surface area contributed by atoms with Crippen molar-refractivity contribution in [2.75, 3.05) is 19.0 Å². The summed E-state index contributed by atoms with van der Waals surface area (Å²) in [6.07, 6.45) is 0.979. The van der Waals surface area contributed by atoms with Gasteiger partial charge >= 0.3 is 5.97 Å². The van der Waals surface area contributed by atoms with Crippen molar-refractivity contribution in [3.8, 4) is 28.3 Å². The van der Waals surface area contributed by atoms with E-state index in [1.807, 2.05) is 66.7 Å². The first-order chi connectivity index (χ1) is 15.1. The molecule has 0 unspecified atom stereocenters. The highest BCUT2D eigenvalue weighted by Crippen LogP contribution is 2.25. The first-order valence-electron chi connectivity index (χ1n) is 10.3. The van der Waals surface area contributed by atoms with E-state index in [1.54, 1.807) is 14.0 Å². The predicted molar refractivity (Wildman–Crippen MR) is 121 cm³/mol. The number of aromatic nitrogens is 1. The molecule has 0 saturated carbocycles. The Morgan fingerprint density at radius 2 is 1.48 bits per heavy atom. The molecule has 0 atom stereocenters. The molecule has 1 heterocycles. The Bertz CT molecular complexity index is 1010. The molecule has 0 aliphatic rings. The second kappa shape index (κ2) is 10.9. The number of hydrogen-bond acceptors (Lipinski definition) is 5. The molecule has 6 heteroatoms. The first-order valence-corrected chi connectivity index (χ1v) is 10.3. The number of carbonyl (C=O) groups is 2. The van der Waals surface area contributed by atoms with Crippen molar-refractivity contribution in [3.63, 3.8) is 0 Å². The van der Waals surface area contributed by atoms with Crippen LogP contribution >= 0.6 is 0 Å². The van der Waals surface area contributed by atoms with Gasteiger partial charge in [0, 0.05) is 29.7 Å². The lowest BCUT2D eigenvalue weighted by molar-refractivity contribution is -0.143. The zero-order valence-electron chi connectivity index (χ0n) is 17.8. The smallest absolute Gasteiger partial charge is 0.305 e. The van der Waals surface area contributed by atoms with E-state index in [-0.39, 0.29) is 24.7 Å². The van der Waals surface area contributed by atoms with Gasteiger partial charge in [-0.2, -0.15) is 0 Å². The number of pyridine rings is 1. The molecule has 0 aliphatic carbocycles. The first kappa shape index (κ1) is 22.0. The minimum absolute atomic E-state index is 0.128. The van der Waals surface area contributed by atoms with Crippen LogP contribution in [0.25, 0.3) is 22.5 Å². The molecular formula is C25H26N2O4. The van der Waals surface area contributed by atoms with E-state index in [4.69, 9.17) is 14.5 Å². The fourth-order valence-corrected chi connectivity index (χ4v) is 3.09. The molecule has 3 rings (SSSR count). The summed E-state index contributed by atoms with van der Waals surface area (Å²) in [5.41, 5.74) is 4.39. The van der Waals surface area contributed by atoms with Crippen molar-refractivity contribution in [2.24, 2.45) is 0 Å². The molecule has 1 amide bonds. The molecule has 3 aromatic rings. The number of amides is 1. The summed E-state index contributed by atoms with van der Waals surface area (Å²) in [7, 11) is 1.64. The summed E-state index contributed by atoms with van der Waals surface area (Å²) >= 11 is 0. The SMILES string of the molecule is CCOC(=O)CCCC(=O)Nc1ccc(-c2cccc(-c3ccc(OC)cc3)n2)cc1. The molecule has 0 spiro atoms. The van der Waals surface area contributed by atoms with Gasteiger partial charge in [-0.1, -0.05) is 18.2 Å². The number of nitrogens with zero attached hydrogens (tertiary/aromatic N) is 1. The van der Waals surface area contributed by atoms with E-state index in [9.17, 15) is 9.59 Å². The van der Waals surface area contributed by atoms with Crippen LogP contribution in [0.4, 0.5) is 5.69 Å². The van der Waals surface area contributed by atoms with Gasteiger partial charge in [-0.05, 0) is 61.9 Å². The topological polar surface area (TPSA) is 77.5 Å². The van der Waals surface area contributed by atoms with Gasteiger partial charge in [-0.25, -0.2) is 4.98 Å². The van der Waals surface area contributed by atoms with Crippen LogP contribution in [0, 0.1) is 0 Å². The van der Waals surface area contributed by atoms with Gasteiger partial charge in [0.1, 0.15) is 5.75 Å². The summed E-state index contributed by atoms with van der Waals surface area (Å²) in [6.45, 7) is 2.12. The third-order valence-corrected chi connectivity index (χ3v) is 4.69. The van der Waals surface area contributed by atoms with Crippen LogP contribution in [0.1, 0.15) is 26.2 Å². The Balaban J connectivity index is 1.61. The normalized spacial score (nSPS) is 10.4. The minimum Gasteiger partial charge on any atom is -0.497 e. The van der Waals surface area contributed by atoms with Crippen molar-refractivity contribution in [1.29, 1.82) is 0 Å².